The number of aliphatic hydroxyl groups excluding tert-OH is 1. The maximum atomic E-state index is 12.1. The molecule has 0 aromatic rings. The minimum Gasteiger partial charge on any atom is -0.444 e. The molecule has 4 nitrogen and oxygen atoms in total. The van der Waals surface area contributed by atoms with E-state index in [9.17, 15) is 4.79 Å². The maximum absolute atomic E-state index is 12.1. The number of rotatable bonds is 1. The van der Waals surface area contributed by atoms with Crippen molar-refractivity contribution in [2.75, 3.05) is 13.2 Å². The molecule has 2 aliphatic rings. The third-order valence-corrected chi connectivity index (χ3v) is 3.81. The van der Waals surface area contributed by atoms with E-state index in [4.69, 9.17) is 9.84 Å². The summed E-state index contributed by atoms with van der Waals surface area (Å²) in [6.07, 6.45) is 3.79. The maximum Gasteiger partial charge on any atom is 0.410 e. The third kappa shape index (κ3) is 2.41. The van der Waals surface area contributed by atoms with Crippen molar-refractivity contribution in [3.05, 3.63) is 0 Å². The summed E-state index contributed by atoms with van der Waals surface area (Å²) in [6, 6.07) is 0. The molecular weight excluding hydrogens is 218 g/mol. The minimum atomic E-state index is -0.430. The summed E-state index contributed by atoms with van der Waals surface area (Å²) >= 11 is 0. The molecule has 1 amide bonds. The van der Waals surface area contributed by atoms with Crippen LogP contribution in [0.2, 0.25) is 0 Å². The number of hydrogen-bond acceptors (Lipinski definition) is 3. The van der Waals surface area contributed by atoms with Crippen LogP contribution in [-0.2, 0) is 4.74 Å². The predicted molar refractivity (Wildman–Crippen MR) is 64.7 cm³/mol. The molecule has 1 N–H and O–H groups in total. The lowest BCUT2D eigenvalue weighted by Crippen LogP contribution is -2.57. The van der Waals surface area contributed by atoms with Gasteiger partial charge in [0.25, 0.3) is 0 Å². The average molecular weight is 241 g/mol. The Kier molecular flexibility index (Phi) is 3.10. The van der Waals surface area contributed by atoms with Crippen molar-refractivity contribution >= 4 is 6.09 Å². The highest BCUT2D eigenvalue weighted by Gasteiger charge is 2.53. The Balaban J connectivity index is 1.99. The summed E-state index contributed by atoms with van der Waals surface area (Å²) < 4.78 is 5.45. The molecule has 1 heterocycles. The van der Waals surface area contributed by atoms with Gasteiger partial charge >= 0.3 is 6.09 Å². The Labute approximate surface area is 103 Å². The minimum absolute atomic E-state index is 0.00424. The van der Waals surface area contributed by atoms with Crippen LogP contribution >= 0.6 is 0 Å². The van der Waals surface area contributed by atoms with Crippen molar-refractivity contribution in [3.63, 3.8) is 0 Å². The van der Waals surface area contributed by atoms with Gasteiger partial charge in [-0.25, -0.2) is 4.79 Å². The van der Waals surface area contributed by atoms with E-state index in [2.05, 4.69) is 0 Å². The van der Waals surface area contributed by atoms with E-state index in [0.717, 1.165) is 32.2 Å². The van der Waals surface area contributed by atoms with Gasteiger partial charge in [0.15, 0.2) is 0 Å². The Bertz CT molecular complexity index is 302. The van der Waals surface area contributed by atoms with Crippen LogP contribution in [0.5, 0.6) is 0 Å². The Morgan fingerprint density at radius 1 is 1.47 bits per heavy atom. The number of hydrogen-bond donors (Lipinski definition) is 1. The first-order valence-electron chi connectivity index (χ1n) is 6.48. The lowest BCUT2D eigenvalue weighted by Gasteiger charge is -2.50. The van der Waals surface area contributed by atoms with Gasteiger partial charge in [0.1, 0.15) is 5.60 Å². The number of ether oxygens (including phenoxy) is 1. The number of carbonyl (C=O) groups is 1. The van der Waals surface area contributed by atoms with E-state index in [-0.39, 0.29) is 18.2 Å². The normalized spacial score (nSPS) is 32.7. The topological polar surface area (TPSA) is 49.8 Å². The largest absolute Gasteiger partial charge is 0.444 e. The van der Waals surface area contributed by atoms with E-state index in [1.807, 2.05) is 25.7 Å². The number of amides is 1. The highest BCUT2D eigenvalue weighted by molar-refractivity contribution is 5.70. The number of carbonyl (C=O) groups excluding carboxylic acids is 1. The number of nitrogens with zero attached hydrogens (tertiary/aromatic N) is 1. The molecule has 0 aromatic carbocycles. The zero-order valence-corrected chi connectivity index (χ0v) is 11.0. The molecule has 0 unspecified atom stereocenters. The van der Waals surface area contributed by atoms with Crippen LogP contribution in [0.4, 0.5) is 4.79 Å². The fraction of sp³-hybridized carbons (Fsp3) is 0.923. The smallest absolute Gasteiger partial charge is 0.410 e. The van der Waals surface area contributed by atoms with Gasteiger partial charge in [-0.15, -0.1) is 0 Å². The Hall–Kier alpha value is -0.770. The standard InChI is InChI=1S/C13H23NO3/c1-12(2,3)17-11(16)14-6-4-5-13(14)7-10(8-13)9-15/h10,15H,4-9H2,1-3H3. The van der Waals surface area contributed by atoms with Crippen molar-refractivity contribution in [2.24, 2.45) is 5.92 Å². The van der Waals surface area contributed by atoms with E-state index in [0.29, 0.717) is 5.92 Å². The number of likely N-dealkylation sites (tertiary alicyclic amines) is 1. The second-order valence-corrected chi connectivity index (χ2v) is 6.42. The zero-order chi connectivity index (χ0) is 12.7. The van der Waals surface area contributed by atoms with Crippen LogP contribution in [0.15, 0.2) is 0 Å². The highest BCUT2D eigenvalue weighted by Crippen LogP contribution is 2.49. The summed E-state index contributed by atoms with van der Waals surface area (Å²) in [5.74, 6) is 0.373. The van der Waals surface area contributed by atoms with Crippen molar-refractivity contribution in [1.29, 1.82) is 0 Å². The fourth-order valence-corrected chi connectivity index (χ4v) is 3.11. The average Bonchev–Trinajstić information content (AvgIpc) is 2.55. The molecule has 0 bridgehead atoms. The van der Waals surface area contributed by atoms with Gasteiger partial charge in [0, 0.05) is 18.7 Å². The summed E-state index contributed by atoms with van der Waals surface area (Å²) in [7, 11) is 0. The second kappa shape index (κ2) is 4.16. The molecule has 0 aromatic heterocycles. The monoisotopic (exact) mass is 241 g/mol. The van der Waals surface area contributed by atoms with Crippen LogP contribution in [-0.4, -0.2) is 40.4 Å². The summed E-state index contributed by atoms with van der Waals surface area (Å²) in [6.45, 7) is 6.72. The van der Waals surface area contributed by atoms with Crippen LogP contribution < -0.4 is 0 Å². The summed E-state index contributed by atoms with van der Waals surface area (Å²) in [5.41, 5.74) is -0.434. The van der Waals surface area contributed by atoms with Crippen molar-refractivity contribution in [2.45, 2.75) is 57.6 Å². The Morgan fingerprint density at radius 3 is 2.65 bits per heavy atom. The SMILES string of the molecule is CC(C)(C)OC(=O)N1CCCC12CC(CO)C2. The molecule has 98 valence electrons. The first-order valence-corrected chi connectivity index (χ1v) is 6.48. The molecule has 17 heavy (non-hydrogen) atoms. The molecule has 1 aliphatic heterocycles. The van der Waals surface area contributed by atoms with E-state index in [1.165, 1.54) is 0 Å². The summed E-state index contributed by atoms with van der Waals surface area (Å²) in [4.78, 5) is 14.0. The molecule has 4 heteroatoms. The van der Waals surface area contributed by atoms with Gasteiger partial charge in [-0.2, -0.15) is 0 Å². The molecular formula is C13H23NO3. The van der Waals surface area contributed by atoms with Gasteiger partial charge < -0.3 is 14.7 Å². The van der Waals surface area contributed by atoms with E-state index in [1.54, 1.807) is 0 Å². The highest BCUT2D eigenvalue weighted by atomic mass is 16.6. The molecule has 1 saturated heterocycles. The lowest BCUT2D eigenvalue weighted by molar-refractivity contribution is -0.0381. The molecule has 1 aliphatic carbocycles. The summed E-state index contributed by atoms with van der Waals surface area (Å²) in [5, 5.41) is 9.11. The first kappa shape index (κ1) is 12.7. The van der Waals surface area contributed by atoms with Gasteiger partial charge in [0.05, 0.1) is 0 Å². The van der Waals surface area contributed by atoms with Gasteiger partial charge in [0.2, 0.25) is 0 Å². The molecule has 0 radical (unpaired) electrons. The van der Waals surface area contributed by atoms with E-state index >= 15 is 0 Å². The van der Waals surface area contributed by atoms with Gasteiger partial charge in [-0.1, -0.05) is 0 Å². The molecule has 1 spiro atoms. The van der Waals surface area contributed by atoms with Gasteiger partial charge in [-0.05, 0) is 52.4 Å². The molecule has 1 saturated carbocycles. The van der Waals surface area contributed by atoms with Crippen LogP contribution in [0, 0.1) is 5.92 Å². The lowest BCUT2D eigenvalue weighted by atomic mass is 9.67. The van der Waals surface area contributed by atoms with E-state index < -0.39 is 5.60 Å². The zero-order valence-electron chi connectivity index (χ0n) is 11.0. The van der Waals surface area contributed by atoms with Crippen LogP contribution in [0.3, 0.4) is 0 Å². The predicted octanol–water partition coefficient (Wildman–Crippen LogP) is 2.16. The number of aliphatic hydroxyl groups is 1. The van der Waals surface area contributed by atoms with Crippen molar-refractivity contribution in [1.82, 2.24) is 4.90 Å². The van der Waals surface area contributed by atoms with Crippen LogP contribution in [0.25, 0.3) is 0 Å². The molecule has 2 rings (SSSR count). The van der Waals surface area contributed by atoms with Crippen molar-refractivity contribution in [3.8, 4) is 0 Å². The van der Waals surface area contributed by atoms with Crippen LogP contribution in [0.1, 0.15) is 46.5 Å². The quantitative estimate of drug-likeness (QED) is 0.765. The molecule has 2 fully saturated rings. The Morgan fingerprint density at radius 2 is 2.12 bits per heavy atom. The second-order valence-electron chi connectivity index (χ2n) is 6.42. The molecule has 0 atom stereocenters. The van der Waals surface area contributed by atoms with Crippen molar-refractivity contribution < 1.29 is 14.6 Å². The van der Waals surface area contributed by atoms with Gasteiger partial charge in [-0.3, -0.25) is 0 Å². The first-order chi connectivity index (χ1) is 7.86. The third-order valence-electron chi connectivity index (χ3n) is 3.81. The fourth-order valence-electron chi connectivity index (χ4n) is 3.11.